The van der Waals surface area contributed by atoms with Crippen LogP contribution in [0.2, 0.25) is 10.0 Å². The van der Waals surface area contributed by atoms with Gasteiger partial charge in [0.05, 0.1) is 17.3 Å². The van der Waals surface area contributed by atoms with Gasteiger partial charge in [0.25, 0.3) is 11.9 Å². The smallest absolute Gasteiger partial charge is 0.258 e. The number of rotatable bonds is 5. The van der Waals surface area contributed by atoms with E-state index >= 15 is 0 Å². The number of fused-ring (bicyclic) bond motifs is 1. The Balaban J connectivity index is 1.58. The van der Waals surface area contributed by atoms with Gasteiger partial charge in [-0.05, 0) is 49.4 Å². The number of carbonyl (C=O) groups excluding carboxylic acids is 1. The van der Waals surface area contributed by atoms with Crippen molar-refractivity contribution in [1.82, 2.24) is 14.6 Å². The monoisotopic (exact) mass is 432 g/mol. The lowest BCUT2D eigenvalue weighted by Gasteiger charge is -2.04. The van der Waals surface area contributed by atoms with E-state index in [9.17, 15) is 4.79 Å². The third-order valence-electron chi connectivity index (χ3n) is 3.94. The maximum Gasteiger partial charge on any atom is 0.258 e. The molecule has 0 aliphatic heterocycles. The molecule has 0 fully saturated rings. The summed E-state index contributed by atoms with van der Waals surface area (Å²) in [6.45, 7) is 2.48. The van der Waals surface area contributed by atoms with Crippen LogP contribution < -0.4 is 10.1 Å². The van der Waals surface area contributed by atoms with Gasteiger partial charge in [0.2, 0.25) is 4.96 Å². The molecule has 9 heteroatoms. The van der Waals surface area contributed by atoms with E-state index in [1.54, 1.807) is 40.9 Å². The molecular weight excluding hydrogens is 419 g/mol. The first-order valence-corrected chi connectivity index (χ1v) is 10.0. The molecule has 0 atom stereocenters. The molecular formula is C19H14Cl2N4O2S. The highest BCUT2D eigenvalue weighted by Crippen LogP contribution is 2.33. The minimum absolute atomic E-state index is 0.220. The second-order valence-corrected chi connectivity index (χ2v) is 7.47. The number of carbonyl (C=O) groups is 1. The molecule has 0 aliphatic rings. The molecule has 0 saturated carbocycles. The van der Waals surface area contributed by atoms with E-state index in [1.165, 1.54) is 11.3 Å². The number of anilines is 1. The van der Waals surface area contributed by atoms with Gasteiger partial charge in [-0.15, -0.1) is 16.4 Å². The topological polar surface area (TPSA) is 68.5 Å². The van der Waals surface area contributed by atoms with Crippen molar-refractivity contribution in [3.63, 3.8) is 0 Å². The SMILES string of the molecule is CCOc1ccc(C(=O)Nc2nc3scc(-c4ccc(Cl)cc4Cl)n3n2)cc1. The van der Waals surface area contributed by atoms with E-state index < -0.39 is 0 Å². The van der Waals surface area contributed by atoms with Crippen molar-refractivity contribution in [1.29, 1.82) is 0 Å². The Morgan fingerprint density at radius 1 is 1.21 bits per heavy atom. The number of hydrogen-bond donors (Lipinski definition) is 1. The molecule has 0 aliphatic carbocycles. The zero-order valence-electron chi connectivity index (χ0n) is 14.6. The van der Waals surface area contributed by atoms with Gasteiger partial charge in [-0.2, -0.15) is 4.98 Å². The van der Waals surface area contributed by atoms with Gasteiger partial charge in [0, 0.05) is 21.5 Å². The molecule has 1 N–H and O–H groups in total. The van der Waals surface area contributed by atoms with E-state index in [-0.39, 0.29) is 11.9 Å². The molecule has 0 spiro atoms. The molecule has 4 aromatic rings. The summed E-state index contributed by atoms with van der Waals surface area (Å²) in [6, 6.07) is 12.1. The van der Waals surface area contributed by atoms with Gasteiger partial charge in [0.15, 0.2) is 0 Å². The highest BCUT2D eigenvalue weighted by molar-refractivity contribution is 7.15. The third-order valence-corrected chi connectivity index (χ3v) is 5.31. The minimum atomic E-state index is -0.299. The molecule has 0 unspecified atom stereocenters. The average Bonchev–Trinajstić information content (AvgIpc) is 3.23. The number of thiazole rings is 1. The predicted molar refractivity (Wildman–Crippen MR) is 112 cm³/mol. The maximum atomic E-state index is 12.5. The first-order chi connectivity index (χ1) is 13.5. The highest BCUT2D eigenvalue weighted by Gasteiger charge is 2.16. The molecule has 6 nitrogen and oxygen atoms in total. The lowest BCUT2D eigenvalue weighted by Crippen LogP contribution is -2.13. The lowest BCUT2D eigenvalue weighted by atomic mass is 10.2. The van der Waals surface area contributed by atoms with Gasteiger partial charge < -0.3 is 4.74 Å². The number of halogens is 2. The fourth-order valence-electron chi connectivity index (χ4n) is 2.66. The van der Waals surface area contributed by atoms with Crippen LogP contribution in [-0.2, 0) is 0 Å². The van der Waals surface area contributed by atoms with Crippen LogP contribution in [0.5, 0.6) is 5.75 Å². The minimum Gasteiger partial charge on any atom is -0.494 e. The molecule has 1 amide bonds. The number of benzene rings is 2. The molecule has 2 aromatic heterocycles. The Kier molecular flexibility index (Phi) is 5.21. The molecule has 2 heterocycles. The average molecular weight is 433 g/mol. The van der Waals surface area contributed by atoms with Crippen LogP contribution >= 0.6 is 34.5 Å². The Bertz CT molecular complexity index is 1150. The quantitative estimate of drug-likeness (QED) is 0.457. The number of ether oxygens (including phenoxy) is 1. The summed E-state index contributed by atoms with van der Waals surface area (Å²) < 4.78 is 7.03. The number of amides is 1. The summed E-state index contributed by atoms with van der Waals surface area (Å²) in [5.41, 5.74) is 2.05. The largest absolute Gasteiger partial charge is 0.494 e. The molecule has 142 valence electrons. The Hall–Kier alpha value is -2.61. The van der Waals surface area contributed by atoms with Crippen LogP contribution in [0.4, 0.5) is 5.95 Å². The van der Waals surface area contributed by atoms with Crippen LogP contribution in [0, 0.1) is 0 Å². The van der Waals surface area contributed by atoms with E-state index in [0.717, 1.165) is 11.3 Å². The normalized spacial score (nSPS) is 11.0. The van der Waals surface area contributed by atoms with Crippen LogP contribution in [0.3, 0.4) is 0 Å². The fraction of sp³-hybridized carbons (Fsp3) is 0.105. The maximum absolute atomic E-state index is 12.5. The first-order valence-electron chi connectivity index (χ1n) is 8.39. The number of nitrogens with one attached hydrogen (secondary N) is 1. The highest BCUT2D eigenvalue weighted by atomic mass is 35.5. The molecule has 2 aromatic carbocycles. The van der Waals surface area contributed by atoms with Crippen molar-refractivity contribution in [3.8, 4) is 17.0 Å². The second kappa shape index (κ2) is 7.79. The van der Waals surface area contributed by atoms with Gasteiger partial charge in [-0.25, -0.2) is 4.52 Å². The zero-order valence-corrected chi connectivity index (χ0v) is 17.0. The van der Waals surface area contributed by atoms with Gasteiger partial charge in [0.1, 0.15) is 5.75 Å². The van der Waals surface area contributed by atoms with E-state index in [2.05, 4.69) is 15.4 Å². The van der Waals surface area contributed by atoms with Crippen LogP contribution in [-0.4, -0.2) is 27.1 Å². The van der Waals surface area contributed by atoms with E-state index in [0.29, 0.717) is 32.9 Å². The fourth-order valence-corrected chi connectivity index (χ4v) is 3.99. The third kappa shape index (κ3) is 3.69. The number of hydrogen-bond acceptors (Lipinski definition) is 5. The van der Waals surface area contributed by atoms with Crippen LogP contribution in [0.25, 0.3) is 16.2 Å². The summed E-state index contributed by atoms with van der Waals surface area (Å²) in [4.78, 5) is 17.5. The molecule has 28 heavy (non-hydrogen) atoms. The molecule has 0 radical (unpaired) electrons. The van der Waals surface area contributed by atoms with Crippen LogP contribution in [0.1, 0.15) is 17.3 Å². The van der Waals surface area contributed by atoms with Gasteiger partial charge in [-0.1, -0.05) is 23.2 Å². The van der Waals surface area contributed by atoms with Crippen molar-refractivity contribution in [2.24, 2.45) is 0 Å². The first kappa shape index (κ1) is 18.7. The lowest BCUT2D eigenvalue weighted by molar-refractivity contribution is 0.102. The Morgan fingerprint density at radius 3 is 2.71 bits per heavy atom. The summed E-state index contributed by atoms with van der Waals surface area (Å²) >= 11 is 13.7. The Morgan fingerprint density at radius 2 is 2.00 bits per heavy atom. The van der Waals surface area contributed by atoms with Crippen molar-refractivity contribution in [3.05, 3.63) is 63.5 Å². The molecule has 0 bridgehead atoms. The molecule has 4 rings (SSSR count). The van der Waals surface area contributed by atoms with Crippen molar-refractivity contribution in [2.45, 2.75) is 6.92 Å². The summed E-state index contributed by atoms with van der Waals surface area (Å²) in [5.74, 6) is 0.633. The zero-order chi connectivity index (χ0) is 19.7. The van der Waals surface area contributed by atoms with E-state index in [1.807, 2.05) is 18.4 Å². The molecule has 0 saturated heterocycles. The van der Waals surface area contributed by atoms with Crippen LogP contribution in [0.15, 0.2) is 47.8 Å². The summed E-state index contributed by atoms with van der Waals surface area (Å²) in [5, 5.41) is 10.1. The second-order valence-electron chi connectivity index (χ2n) is 5.79. The predicted octanol–water partition coefficient (Wildman–Crippen LogP) is 5.42. The standard InChI is InChI=1S/C19H14Cl2N4O2S/c1-2-27-13-6-3-11(4-7-13)17(26)22-18-23-19-25(24-18)16(10-28-19)14-8-5-12(20)9-15(14)21/h3-10H,2H2,1H3,(H,22,24,26). The van der Waals surface area contributed by atoms with E-state index in [4.69, 9.17) is 27.9 Å². The summed E-state index contributed by atoms with van der Waals surface area (Å²) in [6.07, 6.45) is 0. The van der Waals surface area contributed by atoms with Gasteiger partial charge in [-0.3, -0.25) is 10.1 Å². The van der Waals surface area contributed by atoms with Crippen molar-refractivity contribution < 1.29 is 9.53 Å². The van der Waals surface area contributed by atoms with Crippen molar-refractivity contribution >= 4 is 51.4 Å². The van der Waals surface area contributed by atoms with Gasteiger partial charge >= 0.3 is 0 Å². The Labute approximate surface area is 174 Å². The number of nitrogens with zero attached hydrogens (tertiary/aromatic N) is 3. The van der Waals surface area contributed by atoms with Crippen molar-refractivity contribution in [2.75, 3.05) is 11.9 Å². The summed E-state index contributed by atoms with van der Waals surface area (Å²) in [7, 11) is 0. The number of aromatic nitrogens is 3.